The largest absolute Gasteiger partial charge is 0.480 e. The van der Waals surface area contributed by atoms with Crippen LogP contribution in [-0.4, -0.2) is 46.7 Å². The van der Waals surface area contributed by atoms with Crippen molar-refractivity contribution in [3.63, 3.8) is 0 Å². The fourth-order valence-electron chi connectivity index (χ4n) is 2.34. The Morgan fingerprint density at radius 1 is 1.58 bits per heavy atom. The van der Waals surface area contributed by atoms with Gasteiger partial charge in [-0.15, -0.1) is 11.3 Å². The molecule has 1 unspecified atom stereocenters. The molecular weight excluding hydrogens is 264 g/mol. The van der Waals surface area contributed by atoms with Gasteiger partial charge < -0.3 is 15.3 Å². The van der Waals surface area contributed by atoms with Crippen LogP contribution in [0.3, 0.4) is 0 Å². The predicted molar refractivity (Wildman–Crippen MR) is 73.8 cm³/mol. The number of anilines is 1. The van der Waals surface area contributed by atoms with Crippen molar-refractivity contribution in [1.82, 2.24) is 15.3 Å². The number of rotatable bonds is 2. The molecular formula is C12H14N4O2S. The molecule has 3 rings (SSSR count). The van der Waals surface area contributed by atoms with E-state index in [-0.39, 0.29) is 0 Å². The number of hydrogen-bond acceptors (Lipinski definition) is 6. The van der Waals surface area contributed by atoms with Crippen molar-refractivity contribution in [3.8, 4) is 0 Å². The Kier molecular flexibility index (Phi) is 3.08. The number of nitrogens with one attached hydrogen (secondary N) is 1. The van der Waals surface area contributed by atoms with Crippen LogP contribution in [-0.2, 0) is 4.79 Å². The highest BCUT2D eigenvalue weighted by atomic mass is 32.1. The summed E-state index contributed by atoms with van der Waals surface area (Å²) in [4.78, 5) is 21.8. The van der Waals surface area contributed by atoms with Crippen molar-refractivity contribution in [2.45, 2.75) is 13.0 Å². The summed E-state index contributed by atoms with van der Waals surface area (Å²) in [7, 11) is 0. The van der Waals surface area contributed by atoms with E-state index in [4.69, 9.17) is 0 Å². The molecule has 0 aliphatic carbocycles. The third-order valence-electron chi connectivity index (χ3n) is 3.31. The molecule has 1 saturated heterocycles. The minimum atomic E-state index is -0.827. The Labute approximate surface area is 114 Å². The van der Waals surface area contributed by atoms with E-state index in [2.05, 4.69) is 15.3 Å². The Hall–Kier alpha value is -1.73. The zero-order valence-corrected chi connectivity index (χ0v) is 11.3. The first-order chi connectivity index (χ1) is 9.18. The standard InChI is InChI=1S/C12H14N4O2S/c1-7-5-19-10-9(7)14-6-15-11(10)16-3-2-13-4-8(16)12(17)18/h5-6,8,13H,2-4H2,1H3,(H,17,18). The molecule has 0 bridgehead atoms. The van der Waals surface area contributed by atoms with Gasteiger partial charge in [-0.05, 0) is 17.9 Å². The first-order valence-corrected chi connectivity index (χ1v) is 6.95. The van der Waals surface area contributed by atoms with Crippen molar-refractivity contribution in [2.75, 3.05) is 24.5 Å². The van der Waals surface area contributed by atoms with Gasteiger partial charge in [-0.2, -0.15) is 0 Å². The first kappa shape index (κ1) is 12.3. The maximum atomic E-state index is 11.4. The number of aryl methyl sites for hydroxylation is 1. The third kappa shape index (κ3) is 2.04. The lowest BCUT2D eigenvalue weighted by atomic mass is 10.2. The minimum absolute atomic E-state index is 0.436. The molecule has 6 nitrogen and oxygen atoms in total. The topological polar surface area (TPSA) is 78.4 Å². The molecule has 2 aromatic rings. The number of aromatic nitrogens is 2. The van der Waals surface area contributed by atoms with Crippen LogP contribution >= 0.6 is 11.3 Å². The number of thiophene rings is 1. The summed E-state index contributed by atoms with van der Waals surface area (Å²) in [5.41, 5.74) is 2.02. The third-order valence-corrected chi connectivity index (χ3v) is 4.40. The van der Waals surface area contributed by atoms with Crippen molar-refractivity contribution < 1.29 is 9.90 Å². The van der Waals surface area contributed by atoms with Gasteiger partial charge in [0, 0.05) is 19.6 Å². The Balaban J connectivity index is 2.09. The molecule has 2 N–H and O–H groups in total. The summed E-state index contributed by atoms with van der Waals surface area (Å²) in [6, 6.07) is -0.575. The molecule has 0 radical (unpaired) electrons. The molecule has 1 aliphatic rings. The highest BCUT2D eigenvalue weighted by Crippen LogP contribution is 2.31. The molecule has 1 atom stereocenters. The lowest BCUT2D eigenvalue weighted by Gasteiger charge is -2.34. The van der Waals surface area contributed by atoms with Gasteiger partial charge in [0.25, 0.3) is 0 Å². The van der Waals surface area contributed by atoms with Gasteiger partial charge >= 0.3 is 5.97 Å². The average Bonchev–Trinajstić information content (AvgIpc) is 2.81. The van der Waals surface area contributed by atoms with Gasteiger partial charge in [-0.25, -0.2) is 14.8 Å². The number of hydrogen-bond donors (Lipinski definition) is 2. The predicted octanol–water partition coefficient (Wildman–Crippen LogP) is 0.863. The second-order valence-corrected chi connectivity index (χ2v) is 5.42. The van der Waals surface area contributed by atoms with E-state index in [9.17, 15) is 9.90 Å². The second-order valence-electron chi connectivity index (χ2n) is 4.55. The van der Waals surface area contributed by atoms with Crippen molar-refractivity contribution in [1.29, 1.82) is 0 Å². The molecule has 0 aromatic carbocycles. The molecule has 2 aromatic heterocycles. The van der Waals surface area contributed by atoms with Crippen LogP contribution in [0, 0.1) is 6.92 Å². The molecule has 7 heteroatoms. The van der Waals surface area contributed by atoms with Crippen LogP contribution in [0.5, 0.6) is 0 Å². The van der Waals surface area contributed by atoms with E-state index in [1.807, 2.05) is 17.2 Å². The average molecular weight is 278 g/mol. The highest BCUT2D eigenvalue weighted by molar-refractivity contribution is 7.18. The van der Waals surface area contributed by atoms with Crippen LogP contribution in [0.2, 0.25) is 0 Å². The molecule has 0 spiro atoms. The van der Waals surface area contributed by atoms with Crippen LogP contribution in [0.4, 0.5) is 5.82 Å². The first-order valence-electron chi connectivity index (χ1n) is 6.07. The van der Waals surface area contributed by atoms with Crippen LogP contribution in [0.15, 0.2) is 11.7 Å². The normalized spacial score (nSPS) is 19.8. The zero-order valence-electron chi connectivity index (χ0n) is 10.5. The maximum absolute atomic E-state index is 11.4. The van der Waals surface area contributed by atoms with E-state index in [0.717, 1.165) is 28.1 Å². The molecule has 1 fully saturated rings. The summed E-state index contributed by atoms with van der Waals surface area (Å²) in [5, 5.41) is 14.5. The number of fused-ring (bicyclic) bond motifs is 1. The lowest BCUT2D eigenvalue weighted by molar-refractivity contribution is -0.138. The molecule has 0 amide bonds. The lowest BCUT2D eigenvalue weighted by Crippen LogP contribution is -2.55. The fourth-order valence-corrected chi connectivity index (χ4v) is 3.35. The quantitative estimate of drug-likeness (QED) is 0.848. The SMILES string of the molecule is Cc1csc2c(N3CCNCC3C(=O)O)ncnc12. The van der Waals surface area contributed by atoms with Gasteiger partial charge in [-0.3, -0.25) is 0 Å². The van der Waals surface area contributed by atoms with E-state index < -0.39 is 12.0 Å². The molecule has 1 aliphatic heterocycles. The summed E-state index contributed by atoms with van der Waals surface area (Å²) in [6.07, 6.45) is 1.51. The summed E-state index contributed by atoms with van der Waals surface area (Å²) >= 11 is 1.57. The van der Waals surface area contributed by atoms with Crippen LogP contribution in [0.1, 0.15) is 5.56 Å². The van der Waals surface area contributed by atoms with Crippen molar-refractivity contribution in [3.05, 3.63) is 17.3 Å². The number of piperazine rings is 1. The van der Waals surface area contributed by atoms with Crippen LogP contribution in [0.25, 0.3) is 10.2 Å². The van der Waals surface area contributed by atoms with Gasteiger partial charge in [0.1, 0.15) is 12.4 Å². The van der Waals surface area contributed by atoms with Gasteiger partial charge in [0.15, 0.2) is 5.82 Å². The molecule has 19 heavy (non-hydrogen) atoms. The Morgan fingerprint density at radius 2 is 2.42 bits per heavy atom. The minimum Gasteiger partial charge on any atom is -0.480 e. The summed E-state index contributed by atoms with van der Waals surface area (Å²) in [5.74, 6) is -0.0933. The van der Waals surface area contributed by atoms with Crippen molar-refractivity contribution >= 4 is 33.3 Å². The maximum Gasteiger partial charge on any atom is 0.327 e. The molecule has 0 saturated carbocycles. The van der Waals surface area contributed by atoms with Crippen molar-refractivity contribution in [2.24, 2.45) is 0 Å². The fraction of sp³-hybridized carbons (Fsp3) is 0.417. The summed E-state index contributed by atoms with van der Waals surface area (Å²) < 4.78 is 0.966. The Bertz CT molecular complexity index is 627. The van der Waals surface area contributed by atoms with E-state index >= 15 is 0 Å². The van der Waals surface area contributed by atoms with Crippen LogP contribution < -0.4 is 10.2 Å². The number of aliphatic carboxylic acids is 1. The Morgan fingerprint density at radius 3 is 3.21 bits per heavy atom. The molecule has 100 valence electrons. The van der Waals surface area contributed by atoms with Gasteiger partial charge in [-0.1, -0.05) is 0 Å². The molecule has 3 heterocycles. The second kappa shape index (κ2) is 4.75. The van der Waals surface area contributed by atoms with E-state index in [0.29, 0.717) is 13.1 Å². The van der Waals surface area contributed by atoms with E-state index in [1.54, 1.807) is 11.3 Å². The highest BCUT2D eigenvalue weighted by Gasteiger charge is 2.30. The number of nitrogens with zero attached hydrogens (tertiary/aromatic N) is 3. The zero-order chi connectivity index (χ0) is 13.4. The van der Waals surface area contributed by atoms with Gasteiger partial charge in [0.05, 0.1) is 10.2 Å². The van der Waals surface area contributed by atoms with E-state index in [1.165, 1.54) is 6.33 Å². The summed E-state index contributed by atoms with van der Waals surface area (Å²) in [6.45, 7) is 3.84. The monoisotopic (exact) mass is 278 g/mol. The smallest absolute Gasteiger partial charge is 0.327 e. The number of carboxylic acids is 1. The van der Waals surface area contributed by atoms with Gasteiger partial charge in [0.2, 0.25) is 0 Å². The number of carbonyl (C=O) groups is 1. The number of carboxylic acid groups (broad SMARTS) is 1.